The molecule has 3 amide bonds. The van der Waals surface area contributed by atoms with E-state index in [1.54, 1.807) is 6.08 Å². The molecule has 2 aromatic rings. The Hall–Kier alpha value is -3.02. The van der Waals surface area contributed by atoms with Crippen LogP contribution < -0.4 is 10.2 Å². The van der Waals surface area contributed by atoms with Crippen molar-refractivity contribution in [2.45, 2.75) is 39.2 Å². The van der Waals surface area contributed by atoms with Gasteiger partial charge in [-0.2, -0.15) is 0 Å². The Labute approximate surface area is 164 Å². The van der Waals surface area contributed by atoms with E-state index >= 15 is 0 Å². The molecule has 2 aliphatic heterocycles. The lowest BCUT2D eigenvalue weighted by molar-refractivity contribution is -0.123. The lowest BCUT2D eigenvalue weighted by Crippen LogP contribution is -2.30. The van der Waals surface area contributed by atoms with Crippen molar-refractivity contribution < 1.29 is 14.0 Å². The molecular weight excluding hydrogens is 354 g/mol. The van der Waals surface area contributed by atoms with Crippen LogP contribution in [0, 0.1) is 6.92 Å². The molecule has 0 radical (unpaired) electrons. The van der Waals surface area contributed by atoms with Crippen LogP contribution in [0.2, 0.25) is 0 Å². The SMILES string of the molecule is Cc1ccc(CN2C(=O)NC(=Cc3ccc(N4CCCCCC4)o3)C2=O)cc1. The third-order valence-corrected chi connectivity index (χ3v) is 5.24. The highest BCUT2D eigenvalue weighted by atomic mass is 16.4. The molecule has 2 aliphatic rings. The molecule has 1 N–H and O–H groups in total. The van der Waals surface area contributed by atoms with Gasteiger partial charge in [0.1, 0.15) is 11.5 Å². The Balaban J connectivity index is 1.47. The predicted molar refractivity (Wildman–Crippen MR) is 108 cm³/mol. The maximum absolute atomic E-state index is 12.7. The quantitative estimate of drug-likeness (QED) is 0.643. The van der Waals surface area contributed by atoms with Crippen LogP contribution in [-0.4, -0.2) is 29.9 Å². The standard InChI is InChI=1S/C22H25N3O3/c1-16-6-8-17(9-7-16)15-25-21(26)19(23-22(25)27)14-18-10-11-20(28-18)24-12-4-2-3-5-13-24/h6-11,14H,2-5,12-13,15H2,1H3,(H,23,27). The van der Waals surface area contributed by atoms with E-state index in [1.165, 1.54) is 30.6 Å². The maximum atomic E-state index is 12.7. The molecule has 2 fully saturated rings. The number of anilines is 1. The van der Waals surface area contributed by atoms with Gasteiger partial charge in [-0.1, -0.05) is 42.7 Å². The van der Waals surface area contributed by atoms with Gasteiger partial charge >= 0.3 is 6.03 Å². The van der Waals surface area contributed by atoms with Crippen LogP contribution in [0.15, 0.2) is 46.5 Å². The molecule has 1 aromatic carbocycles. The molecule has 0 aliphatic carbocycles. The minimum Gasteiger partial charge on any atom is -0.441 e. The summed E-state index contributed by atoms with van der Waals surface area (Å²) < 4.78 is 5.92. The van der Waals surface area contributed by atoms with Crippen LogP contribution in [0.25, 0.3) is 6.08 Å². The number of nitrogens with zero attached hydrogens (tertiary/aromatic N) is 2. The molecule has 0 saturated carbocycles. The van der Waals surface area contributed by atoms with E-state index in [1.807, 2.05) is 43.3 Å². The minimum absolute atomic E-state index is 0.244. The van der Waals surface area contributed by atoms with E-state index < -0.39 is 6.03 Å². The van der Waals surface area contributed by atoms with Crippen LogP contribution in [0.5, 0.6) is 0 Å². The van der Waals surface area contributed by atoms with Crippen molar-refractivity contribution >= 4 is 23.9 Å². The Bertz CT molecular complexity index is 890. The second kappa shape index (κ2) is 7.92. The zero-order chi connectivity index (χ0) is 19.5. The molecule has 6 heteroatoms. The van der Waals surface area contributed by atoms with Crippen molar-refractivity contribution in [1.82, 2.24) is 10.2 Å². The van der Waals surface area contributed by atoms with E-state index in [9.17, 15) is 9.59 Å². The number of carbonyl (C=O) groups excluding carboxylic acids is 2. The summed E-state index contributed by atoms with van der Waals surface area (Å²) in [4.78, 5) is 28.4. The monoisotopic (exact) mass is 379 g/mol. The van der Waals surface area contributed by atoms with Gasteiger partial charge < -0.3 is 14.6 Å². The molecule has 1 aromatic heterocycles. The summed E-state index contributed by atoms with van der Waals surface area (Å²) in [5, 5.41) is 2.66. The van der Waals surface area contributed by atoms with E-state index in [0.29, 0.717) is 5.76 Å². The highest BCUT2D eigenvalue weighted by molar-refractivity contribution is 6.13. The Morgan fingerprint density at radius 2 is 1.71 bits per heavy atom. The number of rotatable bonds is 4. The molecule has 0 atom stereocenters. The number of furan rings is 1. The zero-order valence-electron chi connectivity index (χ0n) is 16.1. The average molecular weight is 379 g/mol. The number of benzene rings is 1. The second-order valence-corrected chi connectivity index (χ2v) is 7.44. The molecular formula is C22H25N3O3. The van der Waals surface area contributed by atoms with Gasteiger partial charge in [0.25, 0.3) is 5.91 Å². The second-order valence-electron chi connectivity index (χ2n) is 7.44. The van der Waals surface area contributed by atoms with Crippen LogP contribution in [0.1, 0.15) is 42.6 Å². The molecule has 3 heterocycles. The Kier molecular flexibility index (Phi) is 5.19. The normalized spacial score (nSPS) is 19.2. The summed E-state index contributed by atoms with van der Waals surface area (Å²) in [5.41, 5.74) is 2.30. The number of aryl methyl sites for hydroxylation is 1. The number of nitrogens with one attached hydrogen (secondary N) is 1. The van der Waals surface area contributed by atoms with Crippen LogP contribution in [0.4, 0.5) is 10.7 Å². The predicted octanol–water partition coefficient (Wildman–Crippen LogP) is 4.06. The fourth-order valence-corrected chi connectivity index (χ4v) is 3.61. The van der Waals surface area contributed by atoms with Gasteiger partial charge in [-0.15, -0.1) is 0 Å². The Morgan fingerprint density at radius 3 is 2.43 bits per heavy atom. The summed E-state index contributed by atoms with van der Waals surface area (Å²) in [5.74, 6) is 1.06. The third kappa shape index (κ3) is 3.96. The molecule has 28 heavy (non-hydrogen) atoms. The van der Waals surface area contributed by atoms with Crippen LogP contribution >= 0.6 is 0 Å². The summed E-state index contributed by atoms with van der Waals surface area (Å²) in [6.45, 7) is 4.23. The minimum atomic E-state index is -0.406. The first-order chi connectivity index (χ1) is 13.6. The number of imide groups is 1. The maximum Gasteiger partial charge on any atom is 0.329 e. The van der Waals surface area contributed by atoms with E-state index in [0.717, 1.165) is 30.1 Å². The topological polar surface area (TPSA) is 65.8 Å². The summed E-state index contributed by atoms with van der Waals surface area (Å²) in [6, 6.07) is 11.2. The van der Waals surface area contributed by atoms with Crippen molar-refractivity contribution in [1.29, 1.82) is 0 Å². The zero-order valence-corrected chi connectivity index (χ0v) is 16.1. The summed E-state index contributed by atoms with van der Waals surface area (Å²) >= 11 is 0. The van der Waals surface area contributed by atoms with Gasteiger partial charge in [0.05, 0.1) is 6.54 Å². The average Bonchev–Trinajstić information content (AvgIpc) is 3.12. The van der Waals surface area contributed by atoms with Gasteiger partial charge in [-0.05, 0) is 31.4 Å². The number of amides is 3. The number of hydrogen-bond donors (Lipinski definition) is 1. The van der Waals surface area contributed by atoms with Gasteiger partial charge in [0, 0.05) is 25.2 Å². The lowest BCUT2D eigenvalue weighted by Gasteiger charge is -2.18. The molecule has 4 rings (SSSR count). The molecule has 6 nitrogen and oxygen atoms in total. The first kappa shape index (κ1) is 18.3. The summed E-state index contributed by atoms with van der Waals surface area (Å²) in [6.07, 6.45) is 6.45. The van der Waals surface area contributed by atoms with Gasteiger partial charge in [0.2, 0.25) is 0 Å². The third-order valence-electron chi connectivity index (χ3n) is 5.24. The highest BCUT2D eigenvalue weighted by Crippen LogP contribution is 2.24. The van der Waals surface area contributed by atoms with Crippen LogP contribution in [0.3, 0.4) is 0 Å². The van der Waals surface area contributed by atoms with Crippen molar-refractivity contribution in [3.8, 4) is 0 Å². The fraction of sp³-hybridized carbons (Fsp3) is 0.364. The van der Waals surface area contributed by atoms with Crippen molar-refractivity contribution in [3.05, 3.63) is 59.0 Å². The van der Waals surface area contributed by atoms with Crippen molar-refractivity contribution in [2.75, 3.05) is 18.0 Å². The first-order valence-electron chi connectivity index (χ1n) is 9.85. The van der Waals surface area contributed by atoms with Gasteiger partial charge in [0.15, 0.2) is 5.88 Å². The van der Waals surface area contributed by atoms with Gasteiger partial charge in [-0.25, -0.2) is 4.79 Å². The van der Waals surface area contributed by atoms with E-state index in [4.69, 9.17) is 4.42 Å². The first-order valence-corrected chi connectivity index (χ1v) is 9.85. The molecule has 2 saturated heterocycles. The van der Waals surface area contributed by atoms with E-state index in [-0.39, 0.29) is 18.1 Å². The van der Waals surface area contributed by atoms with Crippen LogP contribution in [-0.2, 0) is 11.3 Å². The highest BCUT2D eigenvalue weighted by Gasteiger charge is 2.33. The summed E-state index contributed by atoms with van der Waals surface area (Å²) in [7, 11) is 0. The smallest absolute Gasteiger partial charge is 0.329 e. The van der Waals surface area contributed by atoms with Crippen molar-refractivity contribution in [2.24, 2.45) is 0 Å². The molecule has 0 unspecified atom stereocenters. The molecule has 146 valence electrons. The number of hydrogen-bond acceptors (Lipinski definition) is 4. The number of urea groups is 1. The number of carbonyl (C=O) groups is 2. The van der Waals surface area contributed by atoms with E-state index in [2.05, 4.69) is 10.2 Å². The fourth-order valence-electron chi connectivity index (χ4n) is 3.61. The van der Waals surface area contributed by atoms with Gasteiger partial charge in [-0.3, -0.25) is 9.69 Å². The molecule has 0 bridgehead atoms. The molecule has 0 spiro atoms. The lowest BCUT2D eigenvalue weighted by atomic mass is 10.1. The largest absolute Gasteiger partial charge is 0.441 e. The Morgan fingerprint density at radius 1 is 1.00 bits per heavy atom. The van der Waals surface area contributed by atoms with Crippen molar-refractivity contribution in [3.63, 3.8) is 0 Å².